The minimum absolute atomic E-state index is 0.0140. The van der Waals surface area contributed by atoms with Crippen molar-refractivity contribution >= 4 is 35.4 Å². The molecule has 0 aromatic rings. The summed E-state index contributed by atoms with van der Waals surface area (Å²) in [6.45, 7) is 4.65. The van der Waals surface area contributed by atoms with Gasteiger partial charge in [-0.2, -0.15) is 11.8 Å². The van der Waals surface area contributed by atoms with Crippen LogP contribution < -0.4 is 32.3 Å². The molecule has 0 aromatic heterocycles. The van der Waals surface area contributed by atoms with E-state index in [9.17, 15) is 14.4 Å². The number of carbonyl (C=O) groups excluding carboxylic acids is 3. The Hall–Kier alpha value is -2.01. The lowest BCUT2D eigenvalue weighted by Gasteiger charge is -2.30. The number of nitrogens with zero attached hydrogens (tertiary/aromatic N) is 1. The van der Waals surface area contributed by atoms with Crippen molar-refractivity contribution in [3.8, 4) is 0 Å². The number of carbonyl (C=O) groups is 3. The largest absolute Gasteiger partial charge is 0.359 e. The third-order valence-corrected chi connectivity index (χ3v) is 9.03. The van der Waals surface area contributed by atoms with E-state index in [1.54, 1.807) is 14.1 Å². The van der Waals surface area contributed by atoms with Crippen molar-refractivity contribution in [2.45, 2.75) is 116 Å². The summed E-state index contributed by atoms with van der Waals surface area (Å²) in [5.74, 6) is 1.31. The van der Waals surface area contributed by atoms with E-state index >= 15 is 0 Å². The zero-order valence-electron chi connectivity index (χ0n) is 26.8. The van der Waals surface area contributed by atoms with Crippen molar-refractivity contribution < 1.29 is 14.4 Å². The van der Waals surface area contributed by atoms with Gasteiger partial charge < -0.3 is 32.3 Å². The molecule has 10 nitrogen and oxygen atoms in total. The van der Waals surface area contributed by atoms with Crippen LogP contribution in [0.4, 0.5) is 0 Å². The fraction of sp³-hybridized carbons (Fsp3) is 0.871. The van der Waals surface area contributed by atoms with Crippen LogP contribution >= 0.6 is 11.8 Å². The summed E-state index contributed by atoms with van der Waals surface area (Å²) in [4.78, 5) is 40.4. The molecule has 0 aromatic carbocycles. The molecule has 0 saturated heterocycles. The highest BCUT2D eigenvalue weighted by Crippen LogP contribution is 2.37. The van der Waals surface area contributed by atoms with Gasteiger partial charge in [-0.1, -0.05) is 64.7 Å². The van der Waals surface area contributed by atoms with E-state index in [2.05, 4.69) is 38.5 Å². The quantitative estimate of drug-likeness (QED) is 0.0790. The summed E-state index contributed by atoms with van der Waals surface area (Å²) in [6, 6.07) is -0.559. The number of amides is 3. The number of guanidine groups is 1. The van der Waals surface area contributed by atoms with Gasteiger partial charge in [0, 0.05) is 52.4 Å². The Morgan fingerprint density at radius 2 is 1.43 bits per heavy atom. The van der Waals surface area contributed by atoms with Gasteiger partial charge in [0.1, 0.15) is 0 Å². The van der Waals surface area contributed by atoms with E-state index < -0.39 is 6.04 Å². The molecule has 0 spiro atoms. The first kappa shape index (κ1) is 38.0. The van der Waals surface area contributed by atoms with Crippen molar-refractivity contribution in [1.29, 1.82) is 0 Å². The number of aliphatic imine (C=N–C) groups is 1. The SMILES string of the molecule is CN=C(NC)NCCCC(N)C(=O)NCCSCC(=O)NCCC(=O)NCCCCC1(C)CCCCCCCCCC1. The molecule has 42 heavy (non-hydrogen) atoms. The van der Waals surface area contributed by atoms with Gasteiger partial charge in [0.05, 0.1) is 11.8 Å². The molecule has 0 radical (unpaired) electrons. The highest BCUT2D eigenvalue weighted by Gasteiger charge is 2.23. The molecular weight excluding hydrogens is 550 g/mol. The lowest BCUT2D eigenvalue weighted by atomic mass is 9.76. The Labute approximate surface area is 259 Å². The topological polar surface area (TPSA) is 150 Å². The summed E-state index contributed by atoms with van der Waals surface area (Å²) in [7, 11) is 3.49. The van der Waals surface area contributed by atoms with Crippen LogP contribution in [0, 0.1) is 5.41 Å². The number of rotatable bonds is 18. The molecule has 1 fully saturated rings. The van der Waals surface area contributed by atoms with E-state index in [4.69, 9.17) is 5.73 Å². The van der Waals surface area contributed by atoms with Gasteiger partial charge >= 0.3 is 0 Å². The van der Waals surface area contributed by atoms with Crippen LogP contribution in [-0.2, 0) is 14.4 Å². The van der Waals surface area contributed by atoms with E-state index in [1.165, 1.54) is 82.4 Å². The molecule has 1 aliphatic rings. The van der Waals surface area contributed by atoms with Crippen LogP contribution in [0.25, 0.3) is 0 Å². The Kier molecular flexibility index (Phi) is 22.1. The summed E-state index contributed by atoms with van der Waals surface area (Å²) in [5, 5.41) is 14.7. The number of hydrogen-bond donors (Lipinski definition) is 6. The predicted octanol–water partition coefficient (Wildman–Crippen LogP) is 3.45. The second-order valence-corrected chi connectivity index (χ2v) is 13.0. The van der Waals surface area contributed by atoms with Gasteiger partial charge in [-0.3, -0.25) is 19.4 Å². The summed E-state index contributed by atoms with van der Waals surface area (Å²) < 4.78 is 0. The summed E-state index contributed by atoms with van der Waals surface area (Å²) in [6.07, 6.45) is 18.8. The van der Waals surface area contributed by atoms with Gasteiger partial charge in [-0.15, -0.1) is 0 Å². The molecule has 7 N–H and O–H groups in total. The minimum atomic E-state index is -0.559. The van der Waals surface area contributed by atoms with E-state index in [0.717, 1.165) is 19.3 Å². The first-order valence-corrected chi connectivity index (χ1v) is 17.5. The Balaban J connectivity index is 2.03. The predicted molar refractivity (Wildman–Crippen MR) is 177 cm³/mol. The van der Waals surface area contributed by atoms with Gasteiger partial charge in [-0.05, 0) is 43.9 Å². The van der Waals surface area contributed by atoms with Crippen LogP contribution in [0.3, 0.4) is 0 Å². The fourth-order valence-corrected chi connectivity index (χ4v) is 6.06. The molecule has 1 rings (SSSR count). The minimum Gasteiger partial charge on any atom is -0.359 e. The molecule has 1 unspecified atom stereocenters. The normalized spacial score (nSPS) is 16.9. The Morgan fingerprint density at radius 3 is 2.07 bits per heavy atom. The first-order chi connectivity index (χ1) is 20.3. The molecule has 0 aliphatic heterocycles. The van der Waals surface area contributed by atoms with E-state index in [-0.39, 0.29) is 17.7 Å². The molecular formula is C31H61N7O3S. The van der Waals surface area contributed by atoms with Crippen LogP contribution in [0.5, 0.6) is 0 Å². The molecule has 1 aliphatic carbocycles. The van der Waals surface area contributed by atoms with Crippen molar-refractivity contribution in [1.82, 2.24) is 26.6 Å². The molecule has 0 heterocycles. The molecule has 1 saturated carbocycles. The molecule has 0 bridgehead atoms. The van der Waals surface area contributed by atoms with Crippen molar-refractivity contribution in [2.75, 3.05) is 51.8 Å². The third-order valence-electron chi connectivity index (χ3n) is 8.07. The van der Waals surface area contributed by atoms with Crippen LogP contribution in [0.15, 0.2) is 4.99 Å². The van der Waals surface area contributed by atoms with Gasteiger partial charge in [0.2, 0.25) is 17.7 Å². The van der Waals surface area contributed by atoms with Crippen LogP contribution in [0.2, 0.25) is 0 Å². The third kappa shape index (κ3) is 20.0. The lowest BCUT2D eigenvalue weighted by molar-refractivity contribution is -0.123. The average molecular weight is 612 g/mol. The van der Waals surface area contributed by atoms with E-state index in [1.807, 2.05) is 0 Å². The van der Waals surface area contributed by atoms with Gasteiger partial charge in [-0.25, -0.2) is 0 Å². The molecule has 11 heteroatoms. The maximum atomic E-state index is 12.2. The average Bonchev–Trinajstić information content (AvgIpc) is 3.02. The van der Waals surface area contributed by atoms with Crippen molar-refractivity contribution in [3.05, 3.63) is 0 Å². The monoisotopic (exact) mass is 611 g/mol. The van der Waals surface area contributed by atoms with Crippen LogP contribution in [-0.4, -0.2) is 81.5 Å². The molecule has 3 amide bonds. The second-order valence-electron chi connectivity index (χ2n) is 11.9. The van der Waals surface area contributed by atoms with Crippen molar-refractivity contribution in [2.24, 2.45) is 16.1 Å². The van der Waals surface area contributed by atoms with Gasteiger partial charge in [0.25, 0.3) is 0 Å². The second kappa shape index (κ2) is 24.4. The Bertz CT molecular complexity index is 770. The maximum absolute atomic E-state index is 12.2. The van der Waals surface area contributed by atoms with Crippen LogP contribution in [0.1, 0.15) is 110 Å². The van der Waals surface area contributed by atoms with Gasteiger partial charge in [0.15, 0.2) is 5.96 Å². The number of hydrogen-bond acceptors (Lipinski definition) is 6. The summed E-state index contributed by atoms with van der Waals surface area (Å²) >= 11 is 1.44. The zero-order chi connectivity index (χ0) is 30.9. The maximum Gasteiger partial charge on any atom is 0.236 e. The number of nitrogens with one attached hydrogen (secondary N) is 5. The smallest absolute Gasteiger partial charge is 0.236 e. The zero-order valence-corrected chi connectivity index (χ0v) is 27.6. The summed E-state index contributed by atoms with van der Waals surface area (Å²) in [5.41, 5.74) is 6.41. The highest BCUT2D eigenvalue weighted by molar-refractivity contribution is 7.99. The van der Waals surface area contributed by atoms with Crippen molar-refractivity contribution in [3.63, 3.8) is 0 Å². The molecule has 1 atom stereocenters. The van der Waals surface area contributed by atoms with E-state index in [0.29, 0.717) is 61.9 Å². The first-order valence-electron chi connectivity index (χ1n) is 16.3. The lowest BCUT2D eigenvalue weighted by Crippen LogP contribution is -2.42. The number of thioether (sulfide) groups is 1. The molecule has 244 valence electrons. The standard InChI is InChI=1S/C31H61N7O3S/c1-31(17-10-8-6-4-5-7-9-11-18-31)19-12-13-20-35-27(39)16-22-36-28(40)25-42-24-23-37-29(41)26(32)15-14-21-38-30(33-2)34-3/h26H,4-25,32H2,1-3H3,(H,35,39)(H,36,40)(H,37,41)(H2,33,34,38). The highest BCUT2D eigenvalue weighted by atomic mass is 32.2. The number of nitrogens with two attached hydrogens (primary N) is 1. The Morgan fingerprint density at radius 1 is 0.810 bits per heavy atom. The number of unbranched alkanes of at least 4 members (excludes halogenated alkanes) is 1. The fourth-order valence-electron chi connectivity index (χ4n) is 5.38.